The first-order valence-corrected chi connectivity index (χ1v) is 9.57. The molecule has 0 saturated heterocycles. The first-order chi connectivity index (χ1) is 12.3. The van der Waals surface area contributed by atoms with Gasteiger partial charge in [0, 0.05) is 22.8 Å². The monoisotopic (exact) mass is 372 g/mol. The normalized spacial score (nSPS) is 16.7. The molecule has 26 heavy (non-hydrogen) atoms. The second-order valence-electron chi connectivity index (χ2n) is 7.70. The largest absolute Gasteiger partial charge is 0.465 e. The second-order valence-corrected chi connectivity index (χ2v) is 8.80. The van der Waals surface area contributed by atoms with E-state index in [2.05, 4.69) is 31.1 Å². The topological polar surface area (TPSA) is 68.3 Å². The van der Waals surface area contributed by atoms with Gasteiger partial charge in [-0.15, -0.1) is 11.3 Å². The van der Waals surface area contributed by atoms with E-state index in [0.29, 0.717) is 22.0 Å². The number of ether oxygens (including phenoxy) is 1. The number of carbonyl (C=O) groups is 2. The fourth-order valence-corrected chi connectivity index (χ4v) is 4.72. The fraction of sp³-hybridized carbons (Fsp3) is 0.450. The number of nitrogens with one attached hydrogen (secondary N) is 1. The van der Waals surface area contributed by atoms with Crippen LogP contribution in [0.5, 0.6) is 0 Å². The van der Waals surface area contributed by atoms with Gasteiger partial charge in [0.15, 0.2) is 0 Å². The summed E-state index contributed by atoms with van der Waals surface area (Å²) in [6.45, 7) is 6.76. The van der Waals surface area contributed by atoms with Crippen molar-refractivity contribution >= 4 is 28.2 Å². The highest BCUT2D eigenvalue weighted by atomic mass is 32.1. The van der Waals surface area contributed by atoms with E-state index in [4.69, 9.17) is 4.74 Å². The van der Waals surface area contributed by atoms with E-state index in [-0.39, 0.29) is 17.3 Å². The van der Waals surface area contributed by atoms with Crippen molar-refractivity contribution in [3.05, 3.63) is 46.1 Å². The predicted octanol–water partition coefficient (Wildman–Crippen LogP) is 4.33. The molecule has 2 aromatic heterocycles. The maximum absolute atomic E-state index is 12.5. The zero-order valence-electron chi connectivity index (χ0n) is 15.6. The highest BCUT2D eigenvalue weighted by Gasteiger charge is 2.34. The molecule has 0 saturated carbocycles. The minimum atomic E-state index is -0.387. The Morgan fingerprint density at radius 3 is 2.58 bits per heavy atom. The smallest absolute Gasteiger partial charge is 0.341 e. The Hall–Kier alpha value is -2.21. The molecule has 2 heterocycles. The quantitative estimate of drug-likeness (QED) is 0.814. The van der Waals surface area contributed by atoms with Crippen LogP contribution in [-0.2, 0) is 17.6 Å². The zero-order chi connectivity index (χ0) is 18.9. The lowest BCUT2D eigenvalue weighted by Crippen LogP contribution is -2.26. The summed E-state index contributed by atoms with van der Waals surface area (Å²) in [7, 11) is 1.38. The first-order valence-electron chi connectivity index (χ1n) is 8.75. The second kappa shape index (κ2) is 7.19. The third kappa shape index (κ3) is 3.65. The van der Waals surface area contributed by atoms with Crippen LogP contribution in [0.1, 0.15) is 58.3 Å². The van der Waals surface area contributed by atoms with Gasteiger partial charge in [0.1, 0.15) is 5.00 Å². The first kappa shape index (κ1) is 18.6. The molecule has 0 spiro atoms. The summed E-state index contributed by atoms with van der Waals surface area (Å²) < 4.78 is 4.99. The number of pyridine rings is 1. The molecule has 138 valence electrons. The van der Waals surface area contributed by atoms with Crippen molar-refractivity contribution < 1.29 is 14.3 Å². The Balaban J connectivity index is 1.94. The van der Waals surface area contributed by atoms with E-state index in [1.54, 1.807) is 24.5 Å². The van der Waals surface area contributed by atoms with Gasteiger partial charge < -0.3 is 10.1 Å². The van der Waals surface area contributed by atoms with Crippen LogP contribution in [0.2, 0.25) is 0 Å². The number of hydrogen-bond acceptors (Lipinski definition) is 5. The summed E-state index contributed by atoms with van der Waals surface area (Å²) in [5.74, 6) is -0.0758. The number of rotatable bonds is 3. The Bertz CT molecular complexity index is 822. The third-order valence-electron chi connectivity index (χ3n) is 5.05. The number of hydrogen-bond donors (Lipinski definition) is 1. The summed E-state index contributed by atoms with van der Waals surface area (Å²) in [4.78, 5) is 30.0. The van der Waals surface area contributed by atoms with Crippen molar-refractivity contribution in [2.75, 3.05) is 12.4 Å². The van der Waals surface area contributed by atoms with E-state index >= 15 is 0 Å². The van der Waals surface area contributed by atoms with E-state index in [0.717, 1.165) is 24.8 Å². The minimum Gasteiger partial charge on any atom is -0.465 e. The van der Waals surface area contributed by atoms with E-state index < -0.39 is 0 Å². The molecule has 1 atom stereocenters. The standard InChI is InChI=1S/C20H24N2O3S/c1-20(2,3)13-5-6-14-15(11-13)26-18(16(14)19(24)25-4)22-17(23)12-7-9-21-10-8-12/h7-10,13H,5-6,11H2,1-4H3,(H,22,23)/t13-/m1/s1. The van der Waals surface area contributed by atoms with Gasteiger partial charge in [-0.1, -0.05) is 20.8 Å². The van der Waals surface area contributed by atoms with Gasteiger partial charge in [-0.25, -0.2) is 4.79 Å². The molecule has 0 fully saturated rings. The van der Waals surface area contributed by atoms with Crippen LogP contribution >= 0.6 is 11.3 Å². The lowest BCUT2D eigenvalue weighted by Gasteiger charge is -2.33. The molecule has 5 nitrogen and oxygen atoms in total. The number of aromatic nitrogens is 1. The van der Waals surface area contributed by atoms with Crippen LogP contribution in [-0.4, -0.2) is 24.0 Å². The number of nitrogens with zero attached hydrogens (tertiary/aromatic N) is 1. The van der Waals surface area contributed by atoms with Crippen LogP contribution in [0.4, 0.5) is 5.00 Å². The Kier molecular flexibility index (Phi) is 5.14. The van der Waals surface area contributed by atoms with Crippen LogP contribution in [0.15, 0.2) is 24.5 Å². The van der Waals surface area contributed by atoms with Crippen LogP contribution in [0, 0.1) is 11.3 Å². The van der Waals surface area contributed by atoms with Crippen molar-refractivity contribution in [2.24, 2.45) is 11.3 Å². The number of esters is 1. The van der Waals surface area contributed by atoms with Gasteiger partial charge in [0.2, 0.25) is 0 Å². The maximum Gasteiger partial charge on any atom is 0.341 e. The highest BCUT2D eigenvalue weighted by Crippen LogP contribution is 2.44. The molecule has 0 bridgehead atoms. The Labute approximate surface area is 157 Å². The van der Waals surface area contributed by atoms with Crippen molar-refractivity contribution in [1.29, 1.82) is 0 Å². The third-order valence-corrected chi connectivity index (χ3v) is 6.22. The molecule has 3 rings (SSSR count). The SMILES string of the molecule is COC(=O)c1c(NC(=O)c2ccncc2)sc2c1CC[C@@H](C(C)(C)C)C2. The summed E-state index contributed by atoms with van der Waals surface area (Å²) in [5.41, 5.74) is 2.28. The summed E-state index contributed by atoms with van der Waals surface area (Å²) in [6, 6.07) is 3.30. The average Bonchev–Trinajstić information content (AvgIpc) is 2.98. The molecular weight excluding hydrogens is 348 g/mol. The molecule has 1 aliphatic carbocycles. The van der Waals surface area contributed by atoms with Crippen LogP contribution < -0.4 is 5.32 Å². The number of carbonyl (C=O) groups excluding carboxylic acids is 2. The lowest BCUT2D eigenvalue weighted by atomic mass is 9.72. The Morgan fingerprint density at radius 2 is 1.96 bits per heavy atom. The number of thiophene rings is 1. The van der Waals surface area contributed by atoms with Gasteiger partial charge in [0.25, 0.3) is 5.91 Å². The van der Waals surface area contributed by atoms with E-state index in [9.17, 15) is 9.59 Å². The minimum absolute atomic E-state index is 0.216. The number of methoxy groups -OCH3 is 1. The van der Waals surface area contributed by atoms with Crippen molar-refractivity contribution in [3.8, 4) is 0 Å². The zero-order valence-corrected chi connectivity index (χ0v) is 16.4. The maximum atomic E-state index is 12.5. The van der Waals surface area contributed by atoms with E-state index in [1.165, 1.54) is 23.3 Å². The van der Waals surface area contributed by atoms with Crippen LogP contribution in [0.3, 0.4) is 0 Å². The van der Waals surface area contributed by atoms with Gasteiger partial charge in [-0.3, -0.25) is 9.78 Å². The number of anilines is 1. The molecule has 0 aliphatic heterocycles. The lowest BCUT2D eigenvalue weighted by molar-refractivity contribution is 0.0600. The van der Waals surface area contributed by atoms with Gasteiger partial charge in [0.05, 0.1) is 12.7 Å². The predicted molar refractivity (Wildman–Crippen MR) is 103 cm³/mol. The molecule has 2 aromatic rings. The molecule has 0 radical (unpaired) electrons. The highest BCUT2D eigenvalue weighted by molar-refractivity contribution is 7.17. The summed E-state index contributed by atoms with van der Waals surface area (Å²) >= 11 is 1.50. The Morgan fingerprint density at radius 1 is 1.27 bits per heavy atom. The molecule has 1 N–H and O–H groups in total. The molecule has 6 heteroatoms. The number of fused-ring (bicyclic) bond motifs is 1. The number of amides is 1. The van der Waals surface area contributed by atoms with Crippen molar-refractivity contribution in [1.82, 2.24) is 4.98 Å². The van der Waals surface area contributed by atoms with Crippen LogP contribution in [0.25, 0.3) is 0 Å². The molecular formula is C20H24N2O3S. The van der Waals surface area contributed by atoms with Crippen molar-refractivity contribution in [2.45, 2.75) is 40.0 Å². The van der Waals surface area contributed by atoms with Gasteiger partial charge >= 0.3 is 5.97 Å². The fourth-order valence-electron chi connectivity index (χ4n) is 3.41. The van der Waals surface area contributed by atoms with Crippen molar-refractivity contribution in [3.63, 3.8) is 0 Å². The van der Waals surface area contributed by atoms with E-state index in [1.807, 2.05) is 0 Å². The molecule has 0 aromatic carbocycles. The molecule has 1 aliphatic rings. The molecule has 0 unspecified atom stereocenters. The summed E-state index contributed by atoms with van der Waals surface area (Å²) in [6.07, 6.45) is 5.95. The van der Waals surface area contributed by atoms with Gasteiger partial charge in [-0.2, -0.15) is 0 Å². The molecule has 1 amide bonds. The van der Waals surface area contributed by atoms with Gasteiger partial charge in [-0.05, 0) is 48.3 Å². The summed E-state index contributed by atoms with van der Waals surface area (Å²) in [5, 5.41) is 3.49. The average molecular weight is 372 g/mol.